The van der Waals surface area contributed by atoms with Crippen LogP contribution in [0, 0.1) is 11.8 Å². The maximum absolute atomic E-state index is 14.9. The third-order valence-electron chi connectivity index (χ3n) is 9.99. The molecule has 0 aliphatic carbocycles. The van der Waals surface area contributed by atoms with Crippen molar-refractivity contribution in [3.63, 3.8) is 0 Å². The van der Waals surface area contributed by atoms with Gasteiger partial charge in [0, 0.05) is 24.5 Å². The molecule has 1 N–H and O–H groups in total. The highest BCUT2D eigenvalue weighted by Crippen LogP contribution is 2.59. The molecule has 3 saturated heterocycles. The molecular weight excluding hydrogens is 594 g/mol. The second kappa shape index (κ2) is 13.3. The zero-order chi connectivity index (χ0) is 33.3. The minimum absolute atomic E-state index is 0.211. The molecule has 3 aliphatic heterocycles. The van der Waals surface area contributed by atoms with E-state index in [0.717, 1.165) is 10.8 Å². The van der Waals surface area contributed by atoms with Crippen LogP contribution in [0.15, 0.2) is 92.0 Å². The van der Waals surface area contributed by atoms with Crippen molar-refractivity contribution in [1.82, 2.24) is 4.90 Å². The quantitative estimate of drug-likeness (QED) is 0.261. The maximum Gasteiger partial charge on any atom is 0.253 e. The van der Waals surface area contributed by atoms with Crippen molar-refractivity contribution in [1.29, 1.82) is 0 Å². The van der Waals surface area contributed by atoms with Crippen molar-refractivity contribution in [2.45, 2.75) is 56.9 Å². The van der Waals surface area contributed by atoms with Gasteiger partial charge >= 0.3 is 0 Å². The number of aliphatic hydroxyl groups excluding tert-OH is 1. The van der Waals surface area contributed by atoms with Crippen LogP contribution in [0.5, 0.6) is 5.75 Å². The fourth-order valence-corrected chi connectivity index (χ4v) is 7.92. The van der Waals surface area contributed by atoms with Crippen molar-refractivity contribution in [3.8, 4) is 5.75 Å². The standard InChI is InChI=1S/C38H43N3O6/c1-5-21-39(28-15-17-30(18-16-28)46-8-4)35(43)32-31-19-20-38(47-31)33(32)36(44)41(27(7-3)24-42)34(38)37(45)40(22-6-2)29-14-13-25-11-9-10-12-26(25)23-29/h5-6,9-18,23,27,31-34,42H,1-2,7-8,19-22,24H2,3-4H3/t27-,31-,32+,33-,34?,38?/m0/s1. The minimum atomic E-state index is -1.21. The zero-order valence-electron chi connectivity index (χ0n) is 27.1. The summed E-state index contributed by atoms with van der Waals surface area (Å²) in [5.74, 6) is -1.87. The van der Waals surface area contributed by atoms with Crippen LogP contribution in [0.25, 0.3) is 10.8 Å². The van der Waals surface area contributed by atoms with E-state index in [2.05, 4.69) is 13.2 Å². The van der Waals surface area contributed by atoms with E-state index in [1.807, 2.05) is 80.6 Å². The van der Waals surface area contributed by atoms with Crippen molar-refractivity contribution in [2.24, 2.45) is 11.8 Å². The first-order chi connectivity index (χ1) is 22.8. The average molecular weight is 638 g/mol. The summed E-state index contributed by atoms with van der Waals surface area (Å²) in [5.41, 5.74) is 0.113. The van der Waals surface area contributed by atoms with Crippen LogP contribution in [0.1, 0.15) is 33.1 Å². The lowest BCUT2D eigenvalue weighted by Gasteiger charge is -2.39. The molecule has 2 unspecified atom stereocenters. The molecule has 2 bridgehead atoms. The van der Waals surface area contributed by atoms with Gasteiger partial charge in [0.15, 0.2) is 0 Å². The molecule has 3 amide bonds. The molecule has 246 valence electrons. The summed E-state index contributed by atoms with van der Waals surface area (Å²) in [6, 6.07) is 19.4. The van der Waals surface area contributed by atoms with Crippen LogP contribution >= 0.6 is 0 Å². The Morgan fingerprint density at radius 1 is 1.00 bits per heavy atom. The van der Waals surface area contributed by atoms with E-state index in [4.69, 9.17) is 9.47 Å². The second-order valence-corrected chi connectivity index (χ2v) is 12.5. The Bertz CT molecular complexity index is 1670. The summed E-state index contributed by atoms with van der Waals surface area (Å²) in [6.07, 6.45) is 4.22. The van der Waals surface area contributed by atoms with Gasteiger partial charge in [-0.25, -0.2) is 0 Å². The van der Waals surface area contributed by atoms with Gasteiger partial charge in [0.05, 0.1) is 37.2 Å². The molecular formula is C38H43N3O6. The summed E-state index contributed by atoms with van der Waals surface area (Å²) < 4.78 is 12.3. The molecule has 0 radical (unpaired) electrons. The minimum Gasteiger partial charge on any atom is -0.494 e. The number of carbonyl (C=O) groups is 3. The van der Waals surface area contributed by atoms with Crippen LogP contribution in [-0.4, -0.2) is 77.8 Å². The monoisotopic (exact) mass is 637 g/mol. The van der Waals surface area contributed by atoms with Gasteiger partial charge in [-0.2, -0.15) is 0 Å². The number of carbonyl (C=O) groups excluding carboxylic acids is 3. The fourth-order valence-electron chi connectivity index (χ4n) is 7.92. The Balaban J connectivity index is 1.40. The first-order valence-corrected chi connectivity index (χ1v) is 16.5. The lowest BCUT2D eigenvalue weighted by Crippen LogP contribution is -2.59. The van der Waals surface area contributed by atoms with Gasteiger partial charge < -0.3 is 29.3 Å². The number of hydrogen-bond acceptors (Lipinski definition) is 6. The Hall–Kier alpha value is -4.47. The van der Waals surface area contributed by atoms with Gasteiger partial charge in [-0.05, 0) is 73.4 Å². The molecule has 9 heteroatoms. The predicted molar refractivity (Wildman–Crippen MR) is 182 cm³/mol. The van der Waals surface area contributed by atoms with E-state index in [9.17, 15) is 19.5 Å². The summed E-state index contributed by atoms with van der Waals surface area (Å²) in [4.78, 5) is 48.9. The summed E-state index contributed by atoms with van der Waals surface area (Å²) in [6.45, 7) is 12.2. The lowest BCUT2D eigenvalue weighted by molar-refractivity contribution is -0.144. The first kappa shape index (κ1) is 32.5. The van der Waals surface area contributed by atoms with Crippen molar-refractivity contribution < 1.29 is 29.0 Å². The van der Waals surface area contributed by atoms with E-state index in [1.165, 1.54) is 4.90 Å². The van der Waals surface area contributed by atoms with Crippen LogP contribution in [0.2, 0.25) is 0 Å². The number of nitrogens with zero attached hydrogens (tertiary/aromatic N) is 3. The Labute approximate surface area is 276 Å². The molecule has 1 spiro atoms. The highest BCUT2D eigenvalue weighted by atomic mass is 16.5. The van der Waals surface area contributed by atoms with Gasteiger partial charge in [0.2, 0.25) is 11.8 Å². The number of anilines is 2. The van der Waals surface area contributed by atoms with Gasteiger partial charge in [0.25, 0.3) is 5.91 Å². The maximum atomic E-state index is 14.9. The lowest BCUT2D eigenvalue weighted by atomic mass is 9.70. The zero-order valence-corrected chi connectivity index (χ0v) is 27.1. The van der Waals surface area contributed by atoms with Gasteiger partial charge in [0.1, 0.15) is 17.4 Å². The van der Waals surface area contributed by atoms with Crippen molar-refractivity contribution >= 4 is 39.9 Å². The first-order valence-electron chi connectivity index (χ1n) is 16.5. The molecule has 0 aromatic heterocycles. The third-order valence-corrected chi connectivity index (χ3v) is 9.99. The third kappa shape index (κ3) is 5.41. The largest absolute Gasteiger partial charge is 0.494 e. The van der Waals surface area contributed by atoms with Crippen LogP contribution in [0.4, 0.5) is 11.4 Å². The number of aliphatic hydroxyl groups is 1. The molecule has 3 aromatic carbocycles. The smallest absolute Gasteiger partial charge is 0.253 e. The highest BCUT2D eigenvalue weighted by molar-refractivity contribution is 6.07. The number of benzene rings is 3. The van der Waals surface area contributed by atoms with Gasteiger partial charge in [-0.15, -0.1) is 13.2 Å². The summed E-state index contributed by atoms with van der Waals surface area (Å²) >= 11 is 0. The highest BCUT2D eigenvalue weighted by Gasteiger charge is 2.75. The molecule has 3 fully saturated rings. The van der Waals surface area contributed by atoms with Crippen molar-refractivity contribution in [2.75, 3.05) is 36.1 Å². The van der Waals surface area contributed by atoms with Crippen LogP contribution in [0.3, 0.4) is 0 Å². The number of fused-ring (bicyclic) bond motifs is 2. The molecule has 3 heterocycles. The van der Waals surface area contributed by atoms with Crippen LogP contribution < -0.4 is 14.5 Å². The van der Waals surface area contributed by atoms with E-state index in [-0.39, 0.29) is 37.4 Å². The Morgan fingerprint density at radius 2 is 1.66 bits per heavy atom. The topological polar surface area (TPSA) is 99.6 Å². The van der Waals surface area contributed by atoms with E-state index in [0.29, 0.717) is 43.0 Å². The normalized spacial score (nSPS) is 25.0. The molecule has 9 nitrogen and oxygen atoms in total. The molecule has 3 aliphatic rings. The summed E-state index contributed by atoms with van der Waals surface area (Å²) in [7, 11) is 0. The fraction of sp³-hybridized carbons (Fsp3) is 0.395. The average Bonchev–Trinajstić information content (AvgIpc) is 3.74. The Kier molecular flexibility index (Phi) is 9.21. The number of rotatable bonds is 13. The van der Waals surface area contributed by atoms with E-state index >= 15 is 0 Å². The molecule has 6 atom stereocenters. The van der Waals surface area contributed by atoms with Gasteiger partial charge in [-0.1, -0.05) is 49.4 Å². The summed E-state index contributed by atoms with van der Waals surface area (Å²) in [5, 5.41) is 12.5. The number of likely N-dealkylation sites (tertiary alicyclic amines) is 1. The van der Waals surface area contributed by atoms with Crippen molar-refractivity contribution in [3.05, 3.63) is 92.0 Å². The molecule has 0 saturated carbocycles. The Morgan fingerprint density at radius 3 is 2.30 bits per heavy atom. The van der Waals surface area contributed by atoms with E-state index < -0.39 is 35.6 Å². The van der Waals surface area contributed by atoms with E-state index in [1.54, 1.807) is 22.0 Å². The van der Waals surface area contributed by atoms with Gasteiger partial charge in [-0.3, -0.25) is 14.4 Å². The molecule has 3 aromatic rings. The number of amides is 3. The van der Waals surface area contributed by atoms with Crippen LogP contribution in [-0.2, 0) is 19.1 Å². The predicted octanol–water partition coefficient (Wildman–Crippen LogP) is 5.12. The molecule has 6 rings (SSSR count). The second-order valence-electron chi connectivity index (χ2n) is 12.5. The number of hydrogen-bond donors (Lipinski definition) is 1. The SMILES string of the molecule is C=CCN(C(=O)C1N([C@@H](CC)CO)C(=O)[C@@H]2[C@H](C(=O)N(CC=C)c3ccc(OCC)cc3)[C@@H]3CCC12O3)c1ccc2ccccc2c1. The number of ether oxygens (including phenoxy) is 2. The molecule has 47 heavy (non-hydrogen) atoms.